The largest absolute Gasteiger partial charge is 0.312 e. The standard InChI is InChI=1S/C21H24N4O/c1-25-20(23-24-21(25)19-14-8-9-15-22-19)16-18(26)13-7-3-6-12-17-10-4-2-5-11-17/h2,4-5,8-11,14-15H,3,6-7,12-13,16H2,1H3. The summed E-state index contributed by atoms with van der Waals surface area (Å²) < 4.78 is 1.86. The molecule has 0 radical (unpaired) electrons. The van der Waals surface area contributed by atoms with Gasteiger partial charge in [-0.15, -0.1) is 10.2 Å². The zero-order valence-corrected chi connectivity index (χ0v) is 15.1. The van der Waals surface area contributed by atoms with E-state index in [1.165, 1.54) is 5.56 Å². The lowest BCUT2D eigenvalue weighted by Gasteiger charge is -2.04. The average Bonchev–Trinajstić information content (AvgIpc) is 3.03. The minimum atomic E-state index is 0.216. The molecule has 0 spiro atoms. The van der Waals surface area contributed by atoms with Gasteiger partial charge in [0.1, 0.15) is 17.3 Å². The van der Waals surface area contributed by atoms with Crippen molar-refractivity contribution in [2.75, 3.05) is 0 Å². The molecule has 0 aliphatic rings. The Morgan fingerprint density at radius 2 is 1.77 bits per heavy atom. The summed E-state index contributed by atoms with van der Waals surface area (Å²) in [5, 5.41) is 8.35. The van der Waals surface area contributed by atoms with Crippen LogP contribution in [0.1, 0.15) is 37.1 Å². The molecule has 3 aromatic rings. The van der Waals surface area contributed by atoms with E-state index in [1.54, 1.807) is 6.20 Å². The highest BCUT2D eigenvalue weighted by atomic mass is 16.1. The van der Waals surface area contributed by atoms with E-state index in [0.717, 1.165) is 31.4 Å². The van der Waals surface area contributed by atoms with Gasteiger partial charge in [0, 0.05) is 19.7 Å². The van der Waals surface area contributed by atoms with Crippen molar-refractivity contribution < 1.29 is 4.79 Å². The zero-order chi connectivity index (χ0) is 18.2. The summed E-state index contributed by atoms with van der Waals surface area (Å²) in [5.41, 5.74) is 2.13. The second-order valence-corrected chi connectivity index (χ2v) is 6.48. The molecule has 0 amide bonds. The van der Waals surface area contributed by atoms with Gasteiger partial charge in [0.25, 0.3) is 0 Å². The van der Waals surface area contributed by atoms with Crippen molar-refractivity contribution in [3.05, 3.63) is 66.1 Å². The molecule has 0 atom stereocenters. The molecular formula is C21H24N4O. The predicted octanol–water partition coefficient (Wildman–Crippen LogP) is 3.79. The second kappa shape index (κ2) is 9.04. The fourth-order valence-electron chi connectivity index (χ4n) is 2.97. The predicted molar refractivity (Wildman–Crippen MR) is 102 cm³/mol. The van der Waals surface area contributed by atoms with Crippen LogP contribution in [0.4, 0.5) is 0 Å². The molecule has 0 bridgehead atoms. The molecule has 0 saturated heterocycles. The van der Waals surface area contributed by atoms with E-state index >= 15 is 0 Å². The monoisotopic (exact) mass is 348 g/mol. The van der Waals surface area contributed by atoms with Crippen LogP contribution in [-0.2, 0) is 24.7 Å². The first-order valence-electron chi connectivity index (χ1n) is 9.09. The minimum Gasteiger partial charge on any atom is -0.312 e. The number of hydrogen-bond acceptors (Lipinski definition) is 4. The van der Waals surface area contributed by atoms with Crippen LogP contribution >= 0.6 is 0 Å². The molecule has 0 unspecified atom stereocenters. The summed E-state index contributed by atoms with van der Waals surface area (Å²) in [4.78, 5) is 16.5. The lowest BCUT2D eigenvalue weighted by molar-refractivity contribution is -0.118. The van der Waals surface area contributed by atoms with Crippen LogP contribution in [0.15, 0.2) is 54.7 Å². The van der Waals surface area contributed by atoms with Crippen molar-refractivity contribution in [1.82, 2.24) is 19.7 Å². The molecule has 134 valence electrons. The first-order chi connectivity index (χ1) is 12.7. The maximum Gasteiger partial charge on any atom is 0.182 e. The van der Waals surface area contributed by atoms with Gasteiger partial charge in [0.2, 0.25) is 0 Å². The third kappa shape index (κ3) is 4.85. The number of benzene rings is 1. The van der Waals surface area contributed by atoms with Gasteiger partial charge < -0.3 is 4.57 Å². The molecule has 2 aromatic heterocycles. The van der Waals surface area contributed by atoms with Crippen LogP contribution in [-0.4, -0.2) is 25.5 Å². The van der Waals surface area contributed by atoms with E-state index in [4.69, 9.17) is 0 Å². The Morgan fingerprint density at radius 1 is 0.962 bits per heavy atom. The Balaban J connectivity index is 1.43. The number of ketones is 1. The molecule has 0 N–H and O–H groups in total. The SMILES string of the molecule is Cn1c(CC(=O)CCCCCc2ccccc2)nnc1-c1ccccn1. The summed E-state index contributed by atoms with van der Waals surface area (Å²) in [7, 11) is 1.88. The van der Waals surface area contributed by atoms with Crippen molar-refractivity contribution in [2.24, 2.45) is 7.05 Å². The van der Waals surface area contributed by atoms with Crippen molar-refractivity contribution in [3.8, 4) is 11.5 Å². The Kier molecular flexibility index (Phi) is 6.25. The van der Waals surface area contributed by atoms with Crippen LogP contribution in [0, 0.1) is 0 Å². The molecule has 2 heterocycles. The maximum atomic E-state index is 12.2. The summed E-state index contributed by atoms with van der Waals surface area (Å²) in [5.74, 6) is 1.60. The molecular weight excluding hydrogens is 324 g/mol. The van der Waals surface area contributed by atoms with Gasteiger partial charge in [-0.3, -0.25) is 9.78 Å². The first-order valence-corrected chi connectivity index (χ1v) is 9.09. The summed E-state index contributed by atoms with van der Waals surface area (Å²) in [6.45, 7) is 0. The molecule has 0 aliphatic heterocycles. The van der Waals surface area contributed by atoms with Crippen molar-refractivity contribution in [3.63, 3.8) is 0 Å². The normalized spacial score (nSPS) is 10.8. The molecule has 1 aromatic carbocycles. The number of rotatable bonds is 9. The van der Waals surface area contributed by atoms with Gasteiger partial charge in [-0.25, -0.2) is 0 Å². The van der Waals surface area contributed by atoms with E-state index in [-0.39, 0.29) is 5.78 Å². The Labute approximate surface area is 154 Å². The third-order valence-electron chi connectivity index (χ3n) is 4.48. The molecule has 5 nitrogen and oxygen atoms in total. The lowest BCUT2D eigenvalue weighted by atomic mass is 10.0. The number of aromatic nitrogens is 4. The molecule has 0 aliphatic carbocycles. The second-order valence-electron chi connectivity index (χ2n) is 6.48. The Hall–Kier alpha value is -2.82. The number of aryl methyl sites for hydroxylation is 1. The van der Waals surface area contributed by atoms with Gasteiger partial charge in [0.15, 0.2) is 5.82 Å². The third-order valence-corrected chi connectivity index (χ3v) is 4.48. The number of unbranched alkanes of at least 4 members (excludes halogenated alkanes) is 2. The quantitative estimate of drug-likeness (QED) is 0.552. The van der Waals surface area contributed by atoms with Crippen LogP contribution < -0.4 is 0 Å². The molecule has 0 saturated carbocycles. The highest BCUT2D eigenvalue weighted by Crippen LogP contribution is 2.15. The number of Topliss-reactive ketones (excluding diaryl/α,β-unsaturated/α-hetero) is 1. The van der Waals surface area contributed by atoms with Crippen LogP contribution in [0.3, 0.4) is 0 Å². The summed E-state index contributed by atoms with van der Waals surface area (Å²) >= 11 is 0. The molecule has 26 heavy (non-hydrogen) atoms. The van der Waals surface area contributed by atoms with Gasteiger partial charge in [-0.2, -0.15) is 0 Å². The lowest BCUT2D eigenvalue weighted by Crippen LogP contribution is -2.08. The highest BCUT2D eigenvalue weighted by Gasteiger charge is 2.14. The first kappa shape index (κ1) is 18.0. The van der Waals surface area contributed by atoms with Gasteiger partial charge >= 0.3 is 0 Å². The number of nitrogens with zero attached hydrogens (tertiary/aromatic N) is 4. The minimum absolute atomic E-state index is 0.216. The van der Waals surface area contributed by atoms with Crippen LogP contribution in [0.2, 0.25) is 0 Å². The number of pyridine rings is 1. The van der Waals surface area contributed by atoms with E-state index in [2.05, 4.69) is 39.4 Å². The fraction of sp³-hybridized carbons (Fsp3) is 0.333. The molecule has 3 rings (SSSR count). The summed E-state index contributed by atoms with van der Waals surface area (Å²) in [6, 6.07) is 16.1. The number of carbonyl (C=O) groups is 1. The van der Waals surface area contributed by atoms with Gasteiger partial charge in [-0.1, -0.05) is 42.8 Å². The Bertz CT molecular complexity index is 828. The van der Waals surface area contributed by atoms with Gasteiger partial charge in [-0.05, 0) is 37.0 Å². The van der Waals surface area contributed by atoms with Crippen molar-refractivity contribution in [1.29, 1.82) is 0 Å². The number of hydrogen-bond donors (Lipinski definition) is 0. The van der Waals surface area contributed by atoms with Crippen LogP contribution in [0.25, 0.3) is 11.5 Å². The smallest absolute Gasteiger partial charge is 0.182 e. The summed E-state index contributed by atoms with van der Waals surface area (Å²) in [6.07, 6.45) is 6.84. The van der Waals surface area contributed by atoms with E-state index in [9.17, 15) is 4.79 Å². The van der Waals surface area contributed by atoms with E-state index in [0.29, 0.717) is 24.5 Å². The fourth-order valence-corrected chi connectivity index (χ4v) is 2.97. The van der Waals surface area contributed by atoms with E-state index in [1.807, 2.05) is 35.9 Å². The zero-order valence-electron chi connectivity index (χ0n) is 15.1. The topological polar surface area (TPSA) is 60.7 Å². The molecule has 0 fully saturated rings. The maximum absolute atomic E-state index is 12.2. The number of carbonyl (C=O) groups excluding carboxylic acids is 1. The average molecular weight is 348 g/mol. The van der Waals surface area contributed by atoms with Gasteiger partial charge in [0.05, 0.1) is 6.42 Å². The highest BCUT2D eigenvalue weighted by molar-refractivity contribution is 5.80. The van der Waals surface area contributed by atoms with Crippen molar-refractivity contribution >= 4 is 5.78 Å². The van der Waals surface area contributed by atoms with Crippen LogP contribution in [0.5, 0.6) is 0 Å². The molecule has 5 heteroatoms. The van der Waals surface area contributed by atoms with Crippen molar-refractivity contribution in [2.45, 2.75) is 38.5 Å². The Morgan fingerprint density at radius 3 is 2.54 bits per heavy atom. The van der Waals surface area contributed by atoms with E-state index < -0.39 is 0 Å².